The van der Waals surface area contributed by atoms with E-state index in [2.05, 4.69) is 48.5 Å². The molecule has 0 radical (unpaired) electrons. The molecule has 0 spiro atoms. The van der Waals surface area contributed by atoms with Crippen LogP contribution in [0.2, 0.25) is 0 Å². The number of fused-ring (bicyclic) bond motifs is 2. The molecule has 0 aliphatic carbocycles. The van der Waals surface area contributed by atoms with Crippen molar-refractivity contribution in [1.29, 1.82) is 0 Å². The van der Waals surface area contributed by atoms with Crippen molar-refractivity contribution < 1.29 is 0 Å². The lowest BCUT2D eigenvalue weighted by atomic mass is 9.89. The van der Waals surface area contributed by atoms with Gasteiger partial charge < -0.3 is 10.2 Å². The second kappa shape index (κ2) is 5.54. The lowest BCUT2D eigenvalue weighted by Crippen LogP contribution is -2.39. The van der Waals surface area contributed by atoms with Crippen LogP contribution in [0, 0.1) is 12.8 Å². The summed E-state index contributed by atoms with van der Waals surface area (Å²) in [5, 5.41) is 3.74. The Hall–Kier alpha value is -1.02. The van der Waals surface area contributed by atoms with E-state index in [-0.39, 0.29) is 0 Å². The minimum atomic E-state index is 0.826. The van der Waals surface area contributed by atoms with Crippen LogP contribution in [0.1, 0.15) is 37.7 Å². The van der Waals surface area contributed by atoms with E-state index in [4.69, 9.17) is 0 Å². The van der Waals surface area contributed by atoms with Crippen LogP contribution in [0.15, 0.2) is 24.3 Å². The molecular formula is C17H26N2. The summed E-state index contributed by atoms with van der Waals surface area (Å²) in [7, 11) is 2.23. The number of hydrogen-bond donors (Lipinski definition) is 1. The van der Waals surface area contributed by atoms with Crippen molar-refractivity contribution in [3.8, 4) is 0 Å². The molecule has 19 heavy (non-hydrogen) atoms. The monoisotopic (exact) mass is 258 g/mol. The smallest absolute Gasteiger partial charge is 0.0393 e. The fourth-order valence-corrected chi connectivity index (χ4v) is 3.90. The van der Waals surface area contributed by atoms with Gasteiger partial charge in [-0.15, -0.1) is 0 Å². The molecule has 2 nitrogen and oxygen atoms in total. The molecule has 2 aliphatic rings. The fourth-order valence-electron chi connectivity index (χ4n) is 3.90. The Morgan fingerprint density at radius 2 is 1.84 bits per heavy atom. The topological polar surface area (TPSA) is 15.3 Å². The van der Waals surface area contributed by atoms with Gasteiger partial charge >= 0.3 is 0 Å². The summed E-state index contributed by atoms with van der Waals surface area (Å²) in [6.45, 7) is 3.39. The number of nitrogens with one attached hydrogen (secondary N) is 1. The lowest BCUT2D eigenvalue weighted by Gasteiger charge is -2.31. The summed E-state index contributed by atoms with van der Waals surface area (Å²) in [6, 6.07) is 10.4. The number of hydrogen-bond acceptors (Lipinski definition) is 2. The van der Waals surface area contributed by atoms with Crippen LogP contribution in [-0.2, 0) is 0 Å². The molecule has 1 N–H and O–H groups in total. The molecule has 2 atom stereocenters. The predicted octanol–water partition coefficient (Wildman–Crippen LogP) is 3.35. The molecule has 0 saturated carbocycles. The van der Waals surface area contributed by atoms with Crippen molar-refractivity contribution in [1.82, 2.24) is 5.32 Å². The number of rotatable bonds is 4. The zero-order valence-electron chi connectivity index (χ0n) is 12.2. The summed E-state index contributed by atoms with van der Waals surface area (Å²) in [5.41, 5.74) is 2.77. The van der Waals surface area contributed by atoms with Crippen molar-refractivity contribution in [2.45, 2.75) is 51.1 Å². The molecule has 1 aromatic rings. The normalized spacial score (nSPS) is 29.5. The molecule has 3 rings (SSSR count). The number of piperidine rings is 1. The maximum Gasteiger partial charge on any atom is 0.0393 e. The summed E-state index contributed by atoms with van der Waals surface area (Å²) in [4.78, 5) is 2.43. The highest BCUT2D eigenvalue weighted by atomic mass is 15.1. The Bertz CT molecular complexity index is 417. The van der Waals surface area contributed by atoms with E-state index in [1.807, 2.05) is 0 Å². The van der Waals surface area contributed by atoms with Gasteiger partial charge in [0.1, 0.15) is 0 Å². The van der Waals surface area contributed by atoms with E-state index in [0.29, 0.717) is 0 Å². The molecule has 2 bridgehead atoms. The molecule has 0 amide bonds. The van der Waals surface area contributed by atoms with Crippen LogP contribution < -0.4 is 10.2 Å². The summed E-state index contributed by atoms with van der Waals surface area (Å²) in [5.74, 6) is 0.935. The first-order valence-electron chi connectivity index (χ1n) is 7.75. The Morgan fingerprint density at radius 1 is 1.16 bits per heavy atom. The third-order valence-electron chi connectivity index (χ3n) is 4.97. The Kier molecular flexibility index (Phi) is 3.79. The van der Waals surface area contributed by atoms with E-state index in [9.17, 15) is 0 Å². The molecule has 104 valence electrons. The average Bonchev–Trinajstić information content (AvgIpc) is 2.76. The van der Waals surface area contributed by atoms with Gasteiger partial charge in [-0.05, 0) is 56.6 Å². The highest BCUT2D eigenvalue weighted by molar-refractivity contribution is 5.52. The van der Waals surface area contributed by atoms with Gasteiger partial charge in [-0.3, -0.25) is 0 Å². The fraction of sp³-hybridized carbons (Fsp3) is 0.647. The van der Waals surface area contributed by atoms with Crippen molar-refractivity contribution in [2.75, 3.05) is 18.5 Å². The minimum absolute atomic E-state index is 0.826. The van der Waals surface area contributed by atoms with Gasteiger partial charge in [-0.25, -0.2) is 0 Å². The zero-order valence-corrected chi connectivity index (χ0v) is 12.2. The van der Waals surface area contributed by atoms with Crippen molar-refractivity contribution in [3.05, 3.63) is 29.8 Å². The molecular weight excluding hydrogens is 232 g/mol. The van der Waals surface area contributed by atoms with Gasteiger partial charge in [0.15, 0.2) is 0 Å². The van der Waals surface area contributed by atoms with E-state index >= 15 is 0 Å². The predicted molar refractivity (Wildman–Crippen MR) is 81.7 cm³/mol. The van der Waals surface area contributed by atoms with E-state index in [1.54, 1.807) is 0 Å². The van der Waals surface area contributed by atoms with Crippen molar-refractivity contribution >= 4 is 5.69 Å². The second-order valence-corrected chi connectivity index (χ2v) is 6.47. The summed E-state index contributed by atoms with van der Waals surface area (Å²) in [6.07, 6.45) is 6.97. The number of para-hydroxylation sites is 1. The molecule has 0 aromatic heterocycles. The molecule has 2 heteroatoms. The highest BCUT2D eigenvalue weighted by Crippen LogP contribution is 2.33. The Labute approximate surface area is 117 Å². The zero-order chi connectivity index (χ0) is 13.2. The number of benzene rings is 1. The molecule has 2 aliphatic heterocycles. The maximum absolute atomic E-state index is 3.74. The van der Waals surface area contributed by atoms with Gasteiger partial charge in [0, 0.05) is 31.4 Å². The average molecular weight is 258 g/mol. The van der Waals surface area contributed by atoms with Crippen LogP contribution in [0.25, 0.3) is 0 Å². The molecule has 2 saturated heterocycles. The maximum atomic E-state index is 3.74. The SMILES string of the molecule is Cc1ccccc1N(C)CCC1CC2CCC(C1)N2. The molecule has 1 aromatic carbocycles. The highest BCUT2D eigenvalue weighted by Gasteiger charge is 2.33. The number of anilines is 1. The van der Waals surface area contributed by atoms with Crippen LogP contribution >= 0.6 is 0 Å². The Morgan fingerprint density at radius 3 is 2.53 bits per heavy atom. The lowest BCUT2D eigenvalue weighted by molar-refractivity contribution is 0.288. The third kappa shape index (κ3) is 2.94. The van der Waals surface area contributed by atoms with Crippen LogP contribution in [-0.4, -0.2) is 25.7 Å². The minimum Gasteiger partial charge on any atom is -0.374 e. The first-order valence-corrected chi connectivity index (χ1v) is 7.75. The van der Waals surface area contributed by atoms with E-state index in [0.717, 1.165) is 18.0 Å². The number of nitrogens with zero attached hydrogens (tertiary/aromatic N) is 1. The van der Waals surface area contributed by atoms with Gasteiger partial charge in [-0.1, -0.05) is 18.2 Å². The van der Waals surface area contributed by atoms with Crippen molar-refractivity contribution in [3.63, 3.8) is 0 Å². The quantitative estimate of drug-likeness (QED) is 0.891. The summed E-state index contributed by atoms with van der Waals surface area (Å²) >= 11 is 0. The second-order valence-electron chi connectivity index (χ2n) is 6.47. The number of aryl methyl sites for hydroxylation is 1. The van der Waals surface area contributed by atoms with E-state index < -0.39 is 0 Å². The van der Waals surface area contributed by atoms with Gasteiger partial charge in [0.25, 0.3) is 0 Å². The van der Waals surface area contributed by atoms with Crippen LogP contribution in [0.5, 0.6) is 0 Å². The first kappa shape index (κ1) is 13.0. The van der Waals surface area contributed by atoms with Crippen molar-refractivity contribution in [2.24, 2.45) is 5.92 Å². The van der Waals surface area contributed by atoms with Crippen LogP contribution in [0.4, 0.5) is 5.69 Å². The van der Waals surface area contributed by atoms with Gasteiger partial charge in [0.05, 0.1) is 0 Å². The molecule has 2 unspecified atom stereocenters. The van der Waals surface area contributed by atoms with Crippen LogP contribution in [0.3, 0.4) is 0 Å². The first-order chi connectivity index (χ1) is 9.22. The molecule has 2 fully saturated rings. The largest absolute Gasteiger partial charge is 0.374 e. The third-order valence-corrected chi connectivity index (χ3v) is 4.97. The Balaban J connectivity index is 1.53. The summed E-state index contributed by atoms with van der Waals surface area (Å²) < 4.78 is 0. The standard InChI is InChI=1S/C17H26N2/c1-13-5-3-4-6-17(13)19(2)10-9-14-11-15-7-8-16(12-14)18-15/h3-6,14-16,18H,7-12H2,1-2H3. The molecule has 2 heterocycles. The van der Waals surface area contributed by atoms with Gasteiger partial charge in [-0.2, -0.15) is 0 Å². The van der Waals surface area contributed by atoms with Gasteiger partial charge in [0.2, 0.25) is 0 Å². The van der Waals surface area contributed by atoms with E-state index in [1.165, 1.54) is 49.9 Å².